The van der Waals surface area contributed by atoms with Crippen molar-refractivity contribution in [2.75, 3.05) is 19.0 Å². The van der Waals surface area contributed by atoms with Gasteiger partial charge in [-0.3, -0.25) is 9.78 Å². The van der Waals surface area contributed by atoms with E-state index < -0.39 is 54.7 Å². The van der Waals surface area contributed by atoms with E-state index >= 15 is 0 Å². The van der Waals surface area contributed by atoms with Crippen molar-refractivity contribution in [1.29, 1.82) is 0 Å². The molecule has 1 saturated heterocycles. The predicted octanol–water partition coefficient (Wildman–Crippen LogP) is 3.40. The number of nitrogens with one attached hydrogen (secondary N) is 1. The van der Waals surface area contributed by atoms with E-state index in [9.17, 15) is 27.5 Å². The highest BCUT2D eigenvalue weighted by Gasteiger charge is 2.61. The molecule has 2 heterocycles. The number of ether oxygens (including phenoxy) is 2. The van der Waals surface area contributed by atoms with Crippen LogP contribution in [0.15, 0.2) is 30.5 Å². The van der Waals surface area contributed by atoms with Crippen LogP contribution in [0.25, 0.3) is 0 Å². The summed E-state index contributed by atoms with van der Waals surface area (Å²) in [6.07, 6.45) is -6.95. The van der Waals surface area contributed by atoms with Crippen LogP contribution >= 0.6 is 0 Å². The number of hydrogen-bond acceptors (Lipinski definition) is 6. The van der Waals surface area contributed by atoms with Crippen LogP contribution < -0.4 is 10.1 Å². The number of rotatable bonds is 6. The van der Waals surface area contributed by atoms with Gasteiger partial charge in [-0.05, 0) is 38.5 Å². The molecule has 0 bridgehead atoms. The van der Waals surface area contributed by atoms with Gasteiger partial charge >= 0.3 is 6.18 Å². The average Bonchev–Trinajstić information content (AvgIpc) is 3.14. The van der Waals surface area contributed by atoms with Crippen molar-refractivity contribution in [3.05, 3.63) is 53.1 Å². The van der Waals surface area contributed by atoms with E-state index in [4.69, 9.17) is 14.6 Å². The number of aliphatic hydroxyl groups excluding tert-OH is 2. The number of pyridine rings is 1. The van der Waals surface area contributed by atoms with Gasteiger partial charge in [-0.1, -0.05) is 6.07 Å². The molecular weight excluding hydrogens is 448 g/mol. The van der Waals surface area contributed by atoms with E-state index in [-0.39, 0.29) is 28.3 Å². The maximum absolute atomic E-state index is 14.0. The van der Waals surface area contributed by atoms with Crippen LogP contribution in [0.3, 0.4) is 0 Å². The molecular formula is C22H24F4N2O5. The molecule has 0 aliphatic carbocycles. The predicted molar refractivity (Wildman–Crippen MR) is 109 cm³/mol. The maximum atomic E-state index is 14.0. The second-order valence-corrected chi connectivity index (χ2v) is 8.03. The molecule has 11 heteroatoms. The first-order chi connectivity index (χ1) is 15.4. The van der Waals surface area contributed by atoms with Gasteiger partial charge in [0.1, 0.15) is 23.8 Å². The van der Waals surface area contributed by atoms with Gasteiger partial charge in [0.2, 0.25) is 0 Å². The second kappa shape index (κ2) is 9.24. The van der Waals surface area contributed by atoms with E-state index in [1.165, 1.54) is 38.4 Å². The monoisotopic (exact) mass is 472 g/mol. The number of alkyl halides is 3. The van der Waals surface area contributed by atoms with Gasteiger partial charge in [0, 0.05) is 28.9 Å². The number of methoxy groups -OCH3 is 1. The van der Waals surface area contributed by atoms with Crippen LogP contribution in [-0.4, -0.2) is 52.7 Å². The van der Waals surface area contributed by atoms with Crippen molar-refractivity contribution in [3.8, 4) is 5.75 Å². The van der Waals surface area contributed by atoms with Gasteiger partial charge in [-0.15, -0.1) is 0 Å². The fourth-order valence-electron chi connectivity index (χ4n) is 3.90. The standard InChI is InChI=1S/C22H24F4N2O5/c1-11-15(23)5-4-13(18(11)32-3)14-9-21(2,22(24,25)26)33-19(14)20(31)28-12-6-7-27-16(8-12)17(30)10-29/h4-8,14,17,19,29-30H,9-10H2,1-3H3,(H,27,28,31)/t14-,17-,19+,21+/m1/s1. The minimum absolute atomic E-state index is 0.0464. The first-order valence-corrected chi connectivity index (χ1v) is 10.0. The first-order valence-electron chi connectivity index (χ1n) is 10.0. The molecule has 3 rings (SSSR count). The molecule has 0 unspecified atom stereocenters. The molecule has 3 N–H and O–H groups in total. The third-order valence-electron chi connectivity index (χ3n) is 5.76. The maximum Gasteiger partial charge on any atom is 0.417 e. The topological polar surface area (TPSA) is 101 Å². The van der Waals surface area contributed by atoms with Crippen molar-refractivity contribution >= 4 is 11.6 Å². The Hall–Kier alpha value is -2.76. The van der Waals surface area contributed by atoms with Gasteiger partial charge in [-0.2, -0.15) is 13.2 Å². The van der Waals surface area contributed by atoms with Crippen molar-refractivity contribution in [1.82, 2.24) is 4.98 Å². The Kier molecular flexibility index (Phi) is 6.96. The lowest BCUT2D eigenvalue weighted by Gasteiger charge is -2.27. The number of nitrogens with zero attached hydrogens (tertiary/aromatic N) is 1. The zero-order valence-corrected chi connectivity index (χ0v) is 18.1. The lowest BCUT2D eigenvalue weighted by Crippen LogP contribution is -2.43. The summed E-state index contributed by atoms with van der Waals surface area (Å²) in [5, 5.41) is 21.3. The normalized spacial score (nSPS) is 23.9. The van der Waals surface area contributed by atoms with E-state index in [0.29, 0.717) is 0 Å². The van der Waals surface area contributed by atoms with Crippen molar-refractivity contribution in [2.45, 2.75) is 50.2 Å². The lowest BCUT2D eigenvalue weighted by molar-refractivity contribution is -0.261. The number of benzene rings is 1. The van der Waals surface area contributed by atoms with Crippen LogP contribution in [0, 0.1) is 12.7 Å². The number of aromatic nitrogens is 1. The van der Waals surface area contributed by atoms with Crippen LogP contribution in [0.1, 0.15) is 42.2 Å². The van der Waals surface area contributed by atoms with Gasteiger partial charge in [-0.25, -0.2) is 4.39 Å². The number of amides is 1. The number of hydrogen-bond donors (Lipinski definition) is 3. The highest BCUT2D eigenvalue weighted by molar-refractivity contribution is 5.95. The minimum atomic E-state index is -4.77. The molecule has 1 aromatic heterocycles. The van der Waals surface area contributed by atoms with E-state index in [0.717, 1.165) is 13.0 Å². The Bertz CT molecular complexity index is 1030. The molecule has 0 radical (unpaired) electrons. The number of halogens is 4. The third kappa shape index (κ3) is 4.80. The quantitative estimate of drug-likeness (QED) is 0.558. The molecule has 1 aliphatic rings. The minimum Gasteiger partial charge on any atom is -0.496 e. The van der Waals surface area contributed by atoms with Gasteiger partial charge in [0.05, 0.1) is 19.4 Å². The summed E-state index contributed by atoms with van der Waals surface area (Å²) in [5.41, 5.74) is -2.09. The SMILES string of the molecule is COc1c([C@H]2C[C@@](C)(C(F)(F)F)O[C@@H]2C(=O)Nc2ccnc([C@H](O)CO)c2)ccc(F)c1C. The van der Waals surface area contributed by atoms with E-state index in [1.807, 2.05) is 0 Å². The lowest BCUT2D eigenvalue weighted by atomic mass is 9.85. The van der Waals surface area contributed by atoms with Gasteiger partial charge in [0.15, 0.2) is 5.60 Å². The van der Waals surface area contributed by atoms with Gasteiger partial charge in [0.25, 0.3) is 5.91 Å². The van der Waals surface area contributed by atoms with Crippen LogP contribution in [0.2, 0.25) is 0 Å². The largest absolute Gasteiger partial charge is 0.496 e. The molecule has 1 aliphatic heterocycles. The van der Waals surface area contributed by atoms with Crippen LogP contribution in [0.5, 0.6) is 5.75 Å². The summed E-state index contributed by atoms with van der Waals surface area (Å²) < 4.78 is 66.0. The Morgan fingerprint density at radius 1 is 1.39 bits per heavy atom. The van der Waals surface area contributed by atoms with E-state index in [1.54, 1.807) is 0 Å². The number of carbonyl (C=O) groups is 1. The number of carbonyl (C=O) groups excluding carboxylic acids is 1. The van der Waals surface area contributed by atoms with Crippen molar-refractivity contribution < 1.29 is 42.0 Å². The second-order valence-electron chi connectivity index (χ2n) is 8.03. The summed E-state index contributed by atoms with van der Waals surface area (Å²) in [7, 11) is 1.27. The summed E-state index contributed by atoms with van der Waals surface area (Å²) in [6, 6.07) is 5.06. The summed E-state index contributed by atoms with van der Waals surface area (Å²) in [6.45, 7) is 1.68. The zero-order chi connectivity index (χ0) is 24.6. The Balaban J connectivity index is 1.99. The number of aliphatic hydroxyl groups is 2. The van der Waals surface area contributed by atoms with Crippen molar-refractivity contribution in [3.63, 3.8) is 0 Å². The summed E-state index contributed by atoms with van der Waals surface area (Å²) in [4.78, 5) is 16.9. The molecule has 4 atom stereocenters. The molecule has 33 heavy (non-hydrogen) atoms. The van der Waals surface area contributed by atoms with Crippen LogP contribution in [-0.2, 0) is 9.53 Å². The van der Waals surface area contributed by atoms with Crippen molar-refractivity contribution in [2.24, 2.45) is 0 Å². The first kappa shape index (κ1) is 24.9. The zero-order valence-electron chi connectivity index (χ0n) is 18.1. The molecule has 0 spiro atoms. The average molecular weight is 472 g/mol. The summed E-state index contributed by atoms with van der Waals surface area (Å²) in [5.74, 6) is -2.51. The molecule has 1 aromatic carbocycles. The fraction of sp³-hybridized carbons (Fsp3) is 0.455. The number of anilines is 1. The Labute approximate surface area is 187 Å². The summed E-state index contributed by atoms with van der Waals surface area (Å²) >= 11 is 0. The fourth-order valence-corrected chi connectivity index (χ4v) is 3.90. The molecule has 1 fully saturated rings. The highest BCUT2D eigenvalue weighted by atomic mass is 19.4. The van der Waals surface area contributed by atoms with Crippen LogP contribution in [0.4, 0.5) is 23.2 Å². The molecule has 1 amide bonds. The Morgan fingerprint density at radius 3 is 2.70 bits per heavy atom. The third-order valence-corrected chi connectivity index (χ3v) is 5.76. The Morgan fingerprint density at radius 2 is 2.09 bits per heavy atom. The molecule has 0 saturated carbocycles. The van der Waals surface area contributed by atoms with E-state index in [2.05, 4.69) is 10.3 Å². The smallest absolute Gasteiger partial charge is 0.417 e. The van der Waals surface area contributed by atoms with Gasteiger partial charge < -0.3 is 25.0 Å². The molecule has 7 nitrogen and oxygen atoms in total. The molecule has 2 aromatic rings. The molecule has 180 valence electrons. The highest BCUT2D eigenvalue weighted by Crippen LogP contribution is 2.51.